The SMILES string of the molecule is C=C(C)CNC(=S)Nc1ccccc1Oc1ccc(OCC)cc1. The second kappa shape index (κ2) is 8.93. The van der Waals surface area contributed by atoms with Crippen molar-refractivity contribution in [3.05, 3.63) is 60.7 Å². The van der Waals surface area contributed by atoms with Crippen molar-refractivity contribution in [3.8, 4) is 17.2 Å². The van der Waals surface area contributed by atoms with Gasteiger partial charge in [-0.3, -0.25) is 0 Å². The molecule has 24 heavy (non-hydrogen) atoms. The zero-order valence-corrected chi connectivity index (χ0v) is 14.8. The van der Waals surface area contributed by atoms with Crippen LogP contribution in [-0.4, -0.2) is 18.3 Å². The van der Waals surface area contributed by atoms with Crippen LogP contribution in [0.15, 0.2) is 60.7 Å². The number of rotatable bonds is 7. The van der Waals surface area contributed by atoms with Crippen LogP contribution in [0.2, 0.25) is 0 Å². The minimum atomic E-state index is 0.528. The standard InChI is InChI=1S/C19H22N2O2S/c1-4-22-15-9-11-16(12-10-15)23-18-8-6-5-7-17(18)21-19(24)20-13-14(2)3/h5-12H,2,4,13H2,1,3H3,(H2,20,21,24). The number of ether oxygens (including phenoxy) is 2. The maximum absolute atomic E-state index is 5.95. The number of anilines is 1. The summed E-state index contributed by atoms with van der Waals surface area (Å²) >= 11 is 5.29. The molecule has 5 heteroatoms. The Morgan fingerprint density at radius 2 is 1.75 bits per heavy atom. The van der Waals surface area contributed by atoms with E-state index in [9.17, 15) is 0 Å². The van der Waals surface area contributed by atoms with Crippen molar-refractivity contribution in [2.45, 2.75) is 13.8 Å². The molecule has 0 aromatic heterocycles. The Hall–Kier alpha value is -2.53. The highest BCUT2D eigenvalue weighted by Crippen LogP contribution is 2.30. The molecule has 0 aliphatic rings. The molecule has 0 spiro atoms. The lowest BCUT2D eigenvalue weighted by atomic mass is 10.3. The van der Waals surface area contributed by atoms with Gasteiger partial charge in [0.1, 0.15) is 11.5 Å². The molecule has 2 aromatic carbocycles. The molecule has 0 saturated heterocycles. The zero-order valence-electron chi connectivity index (χ0n) is 14.0. The molecular formula is C19H22N2O2S. The number of benzene rings is 2. The van der Waals surface area contributed by atoms with Gasteiger partial charge in [0.25, 0.3) is 0 Å². The Morgan fingerprint density at radius 1 is 1.08 bits per heavy atom. The molecular weight excluding hydrogens is 320 g/mol. The normalized spacial score (nSPS) is 9.92. The van der Waals surface area contributed by atoms with Crippen molar-refractivity contribution >= 4 is 23.0 Å². The fourth-order valence-electron chi connectivity index (χ4n) is 1.95. The minimum Gasteiger partial charge on any atom is -0.494 e. The van der Waals surface area contributed by atoms with E-state index in [1.54, 1.807) is 0 Å². The van der Waals surface area contributed by atoms with Crippen LogP contribution < -0.4 is 20.1 Å². The first-order valence-corrected chi connectivity index (χ1v) is 8.18. The average molecular weight is 342 g/mol. The summed E-state index contributed by atoms with van der Waals surface area (Å²) < 4.78 is 11.4. The monoisotopic (exact) mass is 342 g/mol. The fourth-order valence-corrected chi connectivity index (χ4v) is 2.14. The van der Waals surface area contributed by atoms with Crippen molar-refractivity contribution in [3.63, 3.8) is 0 Å². The van der Waals surface area contributed by atoms with Gasteiger partial charge in [0.05, 0.1) is 12.3 Å². The molecule has 0 amide bonds. The van der Waals surface area contributed by atoms with Crippen LogP contribution in [0.3, 0.4) is 0 Å². The van der Waals surface area contributed by atoms with Gasteiger partial charge in [-0.15, -0.1) is 0 Å². The van der Waals surface area contributed by atoms with Crippen molar-refractivity contribution in [1.29, 1.82) is 0 Å². The molecule has 126 valence electrons. The van der Waals surface area contributed by atoms with Crippen LogP contribution in [0.1, 0.15) is 13.8 Å². The Kier molecular flexibility index (Phi) is 6.63. The smallest absolute Gasteiger partial charge is 0.171 e. The topological polar surface area (TPSA) is 42.5 Å². The van der Waals surface area contributed by atoms with Gasteiger partial charge < -0.3 is 20.1 Å². The third-order valence-electron chi connectivity index (χ3n) is 3.05. The van der Waals surface area contributed by atoms with Crippen molar-refractivity contribution < 1.29 is 9.47 Å². The van der Waals surface area contributed by atoms with E-state index < -0.39 is 0 Å². The number of para-hydroxylation sites is 2. The van der Waals surface area contributed by atoms with Crippen LogP contribution in [0.5, 0.6) is 17.2 Å². The lowest BCUT2D eigenvalue weighted by Crippen LogP contribution is -2.29. The first kappa shape index (κ1) is 17.8. The van der Waals surface area contributed by atoms with Crippen LogP contribution in [0, 0.1) is 0 Å². The molecule has 0 heterocycles. The van der Waals surface area contributed by atoms with E-state index in [4.69, 9.17) is 21.7 Å². The van der Waals surface area contributed by atoms with Gasteiger partial charge in [0, 0.05) is 6.54 Å². The zero-order chi connectivity index (χ0) is 17.4. The average Bonchev–Trinajstić information content (AvgIpc) is 2.57. The second-order valence-electron chi connectivity index (χ2n) is 5.27. The number of thiocarbonyl (C=S) groups is 1. The van der Waals surface area contributed by atoms with Gasteiger partial charge in [0.15, 0.2) is 10.9 Å². The summed E-state index contributed by atoms with van der Waals surface area (Å²) in [6, 6.07) is 15.2. The molecule has 2 aromatic rings. The quantitative estimate of drug-likeness (QED) is 0.562. The minimum absolute atomic E-state index is 0.528. The van der Waals surface area contributed by atoms with Crippen molar-refractivity contribution in [1.82, 2.24) is 5.32 Å². The summed E-state index contributed by atoms with van der Waals surface area (Å²) in [6.45, 7) is 9.01. The highest BCUT2D eigenvalue weighted by molar-refractivity contribution is 7.80. The predicted molar refractivity (Wildman–Crippen MR) is 103 cm³/mol. The third kappa shape index (κ3) is 5.59. The summed E-state index contributed by atoms with van der Waals surface area (Å²) in [5.41, 5.74) is 1.81. The molecule has 0 bridgehead atoms. The van der Waals surface area contributed by atoms with Gasteiger partial charge in [-0.05, 0) is 62.5 Å². The second-order valence-corrected chi connectivity index (χ2v) is 5.68. The van der Waals surface area contributed by atoms with Crippen LogP contribution >= 0.6 is 12.2 Å². The number of hydrogen-bond donors (Lipinski definition) is 2. The van der Waals surface area contributed by atoms with E-state index in [1.165, 1.54) is 0 Å². The Bertz CT molecular complexity index is 699. The molecule has 4 nitrogen and oxygen atoms in total. The van der Waals surface area contributed by atoms with E-state index in [0.29, 0.717) is 24.0 Å². The van der Waals surface area contributed by atoms with Crippen LogP contribution in [0.25, 0.3) is 0 Å². The first-order chi connectivity index (χ1) is 11.6. The van der Waals surface area contributed by atoms with Gasteiger partial charge in [-0.1, -0.05) is 24.3 Å². The van der Waals surface area contributed by atoms with E-state index >= 15 is 0 Å². The summed E-state index contributed by atoms with van der Waals surface area (Å²) in [5.74, 6) is 2.25. The lowest BCUT2D eigenvalue weighted by Gasteiger charge is -2.15. The highest BCUT2D eigenvalue weighted by Gasteiger charge is 2.06. The van der Waals surface area contributed by atoms with E-state index in [-0.39, 0.29) is 0 Å². The molecule has 0 aliphatic carbocycles. The van der Waals surface area contributed by atoms with E-state index in [0.717, 1.165) is 22.8 Å². The fraction of sp³-hybridized carbons (Fsp3) is 0.211. The predicted octanol–water partition coefficient (Wildman–Crippen LogP) is 4.74. The van der Waals surface area contributed by atoms with Crippen LogP contribution in [0.4, 0.5) is 5.69 Å². The van der Waals surface area contributed by atoms with Gasteiger partial charge in [0.2, 0.25) is 0 Å². The first-order valence-electron chi connectivity index (χ1n) is 7.77. The summed E-state index contributed by atoms with van der Waals surface area (Å²) in [5, 5.41) is 6.77. The third-order valence-corrected chi connectivity index (χ3v) is 3.29. The van der Waals surface area contributed by atoms with Gasteiger partial charge in [-0.2, -0.15) is 0 Å². The lowest BCUT2D eigenvalue weighted by molar-refractivity contribution is 0.339. The summed E-state index contributed by atoms with van der Waals surface area (Å²) in [7, 11) is 0. The Balaban J connectivity index is 2.05. The molecule has 0 fully saturated rings. The summed E-state index contributed by atoms with van der Waals surface area (Å²) in [4.78, 5) is 0. The van der Waals surface area contributed by atoms with E-state index in [2.05, 4.69) is 17.2 Å². The maximum atomic E-state index is 5.95. The highest BCUT2D eigenvalue weighted by atomic mass is 32.1. The molecule has 2 rings (SSSR count). The number of hydrogen-bond acceptors (Lipinski definition) is 3. The summed E-state index contributed by atoms with van der Waals surface area (Å²) in [6.07, 6.45) is 0. The molecule has 0 atom stereocenters. The molecule has 0 saturated carbocycles. The van der Waals surface area contributed by atoms with Crippen molar-refractivity contribution in [2.24, 2.45) is 0 Å². The van der Waals surface area contributed by atoms with Crippen LogP contribution in [-0.2, 0) is 0 Å². The Morgan fingerprint density at radius 3 is 2.42 bits per heavy atom. The Labute approximate surface area is 148 Å². The van der Waals surface area contributed by atoms with Gasteiger partial charge in [-0.25, -0.2) is 0 Å². The molecule has 0 radical (unpaired) electrons. The van der Waals surface area contributed by atoms with Gasteiger partial charge >= 0.3 is 0 Å². The molecule has 0 unspecified atom stereocenters. The molecule has 0 aliphatic heterocycles. The van der Waals surface area contributed by atoms with Crippen molar-refractivity contribution in [2.75, 3.05) is 18.5 Å². The van der Waals surface area contributed by atoms with E-state index in [1.807, 2.05) is 62.4 Å². The maximum Gasteiger partial charge on any atom is 0.171 e. The largest absolute Gasteiger partial charge is 0.494 e. The molecule has 2 N–H and O–H groups in total. The number of nitrogens with one attached hydrogen (secondary N) is 2.